The predicted octanol–water partition coefficient (Wildman–Crippen LogP) is 2.13. The molecule has 0 atom stereocenters. The molecule has 1 aliphatic rings. The number of hydrogen-bond donors (Lipinski definition) is 3. The zero-order chi connectivity index (χ0) is 14.4. The fourth-order valence-corrected chi connectivity index (χ4v) is 1.95. The number of carboxylic acids is 1. The molecule has 3 N–H and O–H groups in total. The largest absolute Gasteiger partial charge is 0.506 e. The smallest absolute Gasteiger partial charge is 0.339 e. The fourth-order valence-electron chi connectivity index (χ4n) is 1.95. The van der Waals surface area contributed by atoms with Crippen LogP contribution >= 0.6 is 0 Å². The van der Waals surface area contributed by atoms with Gasteiger partial charge < -0.3 is 20.1 Å². The molecule has 0 bridgehead atoms. The van der Waals surface area contributed by atoms with Crippen LogP contribution in [0.25, 0.3) is 0 Å². The lowest BCUT2D eigenvalue weighted by Crippen LogP contribution is -2.05. The summed E-state index contributed by atoms with van der Waals surface area (Å²) in [5.41, 5.74) is -0.627. The molecule has 0 aromatic heterocycles. The lowest BCUT2D eigenvalue weighted by molar-refractivity contribution is 0.0693. The maximum atomic E-state index is 12.3. The Balaban J connectivity index is 2.10. The van der Waals surface area contributed by atoms with Crippen molar-refractivity contribution in [2.75, 3.05) is 0 Å². The number of para-hydroxylation sites is 1. The number of fused-ring (bicyclic) bond motifs is 1. The summed E-state index contributed by atoms with van der Waals surface area (Å²) in [4.78, 5) is 23.2. The molecule has 3 rings (SSSR count). The molecule has 0 unspecified atom stereocenters. The average molecular weight is 272 g/mol. The van der Waals surface area contributed by atoms with E-state index in [2.05, 4.69) is 0 Å². The highest BCUT2D eigenvalue weighted by Gasteiger charge is 2.30. The van der Waals surface area contributed by atoms with Crippen LogP contribution in [-0.4, -0.2) is 27.1 Å². The van der Waals surface area contributed by atoms with Crippen LogP contribution in [-0.2, 0) is 0 Å². The van der Waals surface area contributed by atoms with Gasteiger partial charge in [-0.3, -0.25) is 4.79 Å². The number of phenolic OH excluding ortho intramolecular Hbond substituents is 1. The quantitative estimate of drug-likeness (QED) is 0.498. The summed E-state index contributed by atoms with van der Waals surface area (Å²) < 4.78 is 4.93. The molecule has 6 nitrogen and oxygen atoms in total. The minimum absolute atomic E-state index is 0.0564. The van der Waals surface area contributed by atoms with Gasteiger partial charge in [0.05, 0.1) is 11.1 Å². The second kappa shape index (κ2) is 3.99. The van der Waals surface area contributed by atoms with E-state index in [9.17, 15) is 19.8 Å². The van der Waals surface area contributed by atoms with Crippen molar-refractivity contribution in [2.45, 2.75) is 0 Å². The molecule has 2 aromatic rings. The molecule has 0 amide bonds. The van der Waals surface area contributed by atoms with Crippen LogP contribution in [0, 0.1) is 0 Å². The van der Waals surface area contributed by atoms with Gasteiger partial charge >= 0.3 is 5.97 Å². The molecule has 0 spiro atoms. The number of carboxylic acid groups (broad SMARTS) is 1. The number of aromatic hydroxyl groups is 2. The molecule has 0 fully saturated rings. The molecular weight excluding hydrogens is 264 g/mol. The van der Waals surface area contributed by atoms with E-state index in [1.54, 1.807) is 0 Å². The number of aromatic carboxylic acids is 1. The van der Waals surface area contributed by atoms with Gasteiger partial charge in [-0.2, -0.15) is 0 Å². The second-order valence-corrected chi connectivity index (χ2v) is 4.23. The summed E-state index contributed by atoms with van der Waals surface area (Å²) in [5.74, 6) is -2.25. The Morgan fingerprint density at radius 3 is 2.25 bits per heavy atom. The average Bonchev–Trinajstić information content (AvgIpc) is 3.18. The van der Waals surface area contributed by atoms with Crippen LogP contribution in [0.15, 0.2) is 30.3 Å². The van der Waals surface area contributed by atoms with Gasteiger partial charge in [-0.15, -0.1) is 0 Å². The number of rotatable bonds is 3. The fraction of sp³-hybridized carbons (Fsp3) is 0. The first-order valence-electron chi connectivity index (χ1n) is 5.64. The summed E-state index contributed by atoms with van der Waals surface area (Å²) in [7, 11) is 0. The van der Waals surface area contributed by atoms with E-state index < -0.39 is 17.5 Å². The van der Waals surface area contributed by atoms with Crippen molar-refractivity contribution < 1.29 is 29.6 Å². The van der Waals surface area contributed by atoms with Crippen LogP contribution in [0.3, 0.4) is 0 Å². The van der Waals surface area contributed by atoms with Crippen LogP contribution < -0.4 is 4.74 Å². The van der Waals surface area contributed by atoms with Gasteiger partial charge in [0.1, 0.15) is 11.3 Å². The first-order chi connectivity index (χ1) is 9.50. The predicted molar refractivity (Wildman–Crippen MR) is 66.7 cm³/mol. The summed E-state index contributed by atoms with van der Waals surface area (Å²) in [6.45, 7) is 0. The van der Waals surface area contributed by atoms with Gasteiger partial charge in [-0.1, -0.05) is 6.07 Å². The van der Waals surface area contributed by atoms with Crippen LogP contribution in [0.1, 0.15) is 26.3 Å². The molecular formula is C14H8O6. The highest BCUT2D eigenvalue weighted by atomic mass is 16.6. The van der Waals surface area contributed by atoms with E-state index in [4.69, 9.17) is 9.84 Å². The minimum atomic E-state index is -1.34. The van der Waals surface area contributed by atoms with Gasteiger partial charge in [-0.05, 0) is 24.3 Å². The van der Waals surface area contributed by atoms with Crippen LogP contribution in [0.4, 0.5) is 0 Å². The topological polar surface area (TPSA) is 107 Å². The number of carbonyl (C=O) groups is 2. The molecule has 0 saturated heterocycles. The highest BCUT2D eigenvalue weighted by molar-refractivity contribution is 6.14. The molecule has 20 heavy (non-hydrogen) atoms. The third-order valence-corrected chi connectivity index (χ3v) is 3.02. The highest BCUT2D eigenvalue weighted by Crippen LogP contribution is 2.53. The lowest BCUT2D eigenvalue weighted by atomic mass is 9.99. The first-order valence-corrected chi connectivity index (χ1v) is 5.64. The van der Waals surface area contributed by atoms with E-state index in [1.165, 1.54) is 30.3 Å². The van der Waals surface area contributed by atoms with Crippen molar-refractivity contribution in [1.82, 2.24) is 0 Å². The number of phenols is 2. The number of ketones is 1. The van der Waals surface area contributed by atoms with Gasteiger partial charge in [0.2, 0.25) is 11.5 Å². The molecule has 0 radical (unpaired) electrons. The van der Waals surface area contributed by atoms with Crippen molar-refractivity contribution in [3.05, 3.63) is 47.0 Å². The molecule has 0 aliphatic carbocycles. The maximum absolute atomic E-state index is 12.3. The molecule has 1 aliphatic heterocycles. The summed E-state index contributed by atoms with van der Waals surface area (Å²) >= 11 is 0. The Hall–Kier alpha value is -3.02. The second-order valence-electron chi connectivity index (χ2n) is 4.23. The van der Waals surface area contributed by atoms with E-state index >= 15 is 0 Å². The van der Waals surface area contributed by atoms with Crippen molar-refractivity contribution in [3.8, 4) is 23.0 Å². The van der Waals surface area contributed by atoms with Gasteiger partial charge in [-0.25, -0.2) is 4.79 Å². The van der Waals surface area contributed by atoms with Gasteiger partial charge in [0.25, 0.3) is 0 Å². The minimum Gasteiger partial charge on any atom is -0.506 e. The Morgan fingerprint density at radius 1 is 0.900 bits per heavy atom. The van der Waals surface area contributed by atoms with E-state index in [0.717, 1.165) is 0 Å². The number of ether oxygens (including phenoxy) is 1. The van der Waals surface area contributed by atoms with E-state index in [0.29, 0.717) is 5.75 Å². The van der Waals surface area contributed by atoms with Crippen molar-refractivity contribution in [1.29, 1.82) is 0 Å². The summed E-state index contributed by atoms with van der Waals surface area (Å²) in [6, 6.07) is 6.69. The number of hydrogen-bond acceptors (Lipinski definition) is 5. The standard InChI is InChI=1S/C14H8O6/c15-10(7-4-5-9-13(20-9)12(7)17)6-2-1-3-8(11(6)16)14(18)19/h1-5,16-17H,(H,18,19). The molecule has 2 aromatic carbocycles. The third-order valence-electron chi connectivity index (χ3n) is 3.02. The Labute approximate surface area is 112 Å². The Bertz CT molecular complexity index is 762. The van der Waals surface area contributed by atoms with Crippen LogP contribution in [0.2, 0.25) is 0 Å². The zero-order valence-corrected chi connectivity index (χ0v) is 9.95. The Kier molecular flexibility index (Phi) is 2.40. The maximum Gasteiger partial charge on any atom is 0.339 e. The van der Waals surface area contributed by atoms with E-state index in [-0.39, 0.29) is 28.2 Å². The summed E-state index contributed by atoms with van der Waals surface area (Å²) in [5, 5.41) is 28.6. The molecule has 1 heterocycles. The van der Waals surface area contributed by atoms with Crippen LogP contribution in [0.5, 0.6) is 23.0 Å². The molecule has 0 saturated carbocycles. The summed E-state index contributed by atoms with van der Waals surface area (Å²) in [6.07, 6.45) is 0. The third kappa shape index (κ3) is 1.66. The zero-order valence-electron chi connectivity index (χ0n) is 9.95. The lowest BCUT2D eigenvalue weighted by Gasteiger charge is -2.06. The van der Waals surface area contributed by atoms with Crippen molar-refractivity contribution in [3.63, 3.8) is 0 Å². The number of carbonyl (C=O) groups excluding carboxylic acids is 1. The van der Waals surface area contributed by atoms with Crippen molar-refractivity contribution in [2.24, 2.45) is 0 Å². The van der Waals surface area contributed by atoms with E-state index in [1.807, 2.05) is 0 Å². The first kappa shape index (κ1) is 12.0. The number of benzene rings is 2. The Morgan fingerprint density at radius 2 is 1.55 bits per heavy atom. The monoisotopic (exact) mass is 272 g/mol. The molecule has 6 heteroatoms. The molecule has 100 valence electrons. The van der Waals surface area contributed by atoms with Gasteiger partial charge in [0, 0.05) is 0 Å². The normalized spacial score (nSPS) is 11.4. The van der Waals surface area contributed by atoms with Gasteiger partial charge in [0.15, 0.2) is 11.5 Å². The SMILES string of the molecule is O=C(O)c1cccc(C(=O)c2ccc3c(c2O)O3)c1O. The van der Waals surface area contributed by atoms with Crippen molar-refractivity contribution >= 4 is 11.8 Å².